The molecule has 0 nitrogen and oxygen atoms in total. The molecule has 86 valence electrons. The highest BCUT2D eigenvalue weighted by molar-refractivity contribution is 5.45. The summed E-state index contributed by atoms with van der Waals surface area (Å²) in [5.41, 5.74) is 5.16. The van der Waals surface area contributed by atoms with Crippen LogP contribution in [-0.4, -0.2) is 0 Å². The molecule has 0 amide bonds. The van der Waals surface area contributed by atoms with Crippen LogP contribution in [0.4, 0.5) is 0 Å². The van der Waals surface area contributed by atoms with Gasteiger partial charge >= 0.3 is 0 Å². The van der Waals surface area contributed by atoms with Crippen molar-refractivity contribution in [3.8, 4) is 0 Å². The fraction of sp³-hybridized carbons (Fsp3) is 0.235. The zero-order valence-corrected chi connectivity index (χ0v) is 10.5. The molecule has 17 heavy (non-hydrogen) atoms. The number of aryl methyl sites for hydroxylation is 2. The Morgan fingerprint density at radius 2 is 1.12 bits per heavy atom. The van der Waals surface area contributed by atoms with Crippen molar-refractivity contribution in [3.05, 3.63) is 77.2 Å². The summed E-state index contributed by atoms with van der Waals surface area (Å²) in [6.45, 7) is 4.37. The van der Waals surface area contributed by atoms with E-state index in [1.807, 2.05) is 0 Å². The van der Waals surface area contributed by atoms with Gasteiger partial charge in [-0.25, -0.2) is 0 Å². The van der Waals surface area contributed by atoms with Gasteiger partial charge in [0.25, 0.3) is 0 Å². The average Bonchev–Trinajstić information content (AvgIpc) is 2.40. The monoisotopic (exact) mass is 222 g/mol. The van der Waals surface area contributed by atoms with E-state index in [0.29, 0.717) is 0 Å². The van der Waals surface area contributed by atoms with Crippen LogP contribution >= 0.6 is 0 Å². The summed E-state index contributed by atoms with van der Waals surface area (Å²) in [5.74, 6) is 0. The van der Waals surface area contributed by atoms with Crippen LogP contribution in [-0.2, 0) is 12.8 Å². The van der Waals surface area contributed by atoms with Crippen LogP contribution in [0.15, 0.2) is 48.5 Å². The number of rotatable bonds is 4. The molecule has 0 heterocycles. The predicted octanol–water partition coefficient (Wildman–Crippen LogP) is 4.29. The Morgan fingerprint density at radius 3 is 1.53 bits per heavy atom. The Bertz CT molecular complexity index is 437. The molecule has 0 bridgehead atoms. The van der Waals surface area contributed by atoms with Crippen LogP contribution in [0.25, 0.3) is 0 Å². The fourth-order valence-electron chi connectivity index (χ4n) is 2.05. The van der Waals surface area contributed by atoms with Crippen LogP contribution in [0.3, 0.4) is 0 Å². The Morgan fingerprint density at radius 1 is 0.706 bits per heavy atom. The summed E-state index contributed by atoms with van der Waals surface area (Å²) in [7, 11) is 0. The molecule has 0 aliphatic carbocycles. The number of hydrogen-bond acceptors (Lipinski definition) is 0. The van der Waals surface area contributed by atoms with Gasteiger partial charge in [-0.05, 0) is 35.1 Å². The molecule has 0 saturated heterocycles. The zero-order valence-electron chi connectivity index (χ0n) is 10.5. The standard InChI is InChI=1S/C17H18/c1-3-14-9-5-7-11-16(14)13-17-12-8-6-10-15(17)4-2/h5-12H,3-4H2,1-2H3. The van der Waals surface area contributed by atoms with Crippen molar-refractivity contribution in [2.45, 2.75) is 26.7 Å². The molecule has 0 aliphatic heterocycles. The summed E-state index contributed by atoms with van der Waals surface area (Å²) >= 11 is 0. The van der Waals surface area contributed by atoms with Crippen molar-refractivity contribution < 1.29 is 0 Å². The SMILES string of the molecule is CCc1ccccc1[C]c1ccccc1CC. The Hall–Kier alpha value is -1.56. The maximum absolute atomic E-state index is 3.54. The zero-order chi connectivity index (χ0) is 12.1. The van der Waals surface area contributed by atoms with Crippen molar-refractivity contribution in [1.29, 1.82) is 0 Å². The third-order valence-corrected chi connectivity index (χ3v) is 3.07. The molecule has 2 aromatic carbocycles. The lowest BCUT2D eigenvalue weighted by atomic mass is 9.95. The quantitative estimate of drug-likeness (QED) is 0.724. The third kappa shape index (κ3) is 2.76. The third-order valence-electron chi connectivity index (χ3n) is 3.07. The lowest BCUT2D eigenvalue weighted by Gasteiger charge is -2.10. The van der Waals surface area contributed by atoms with Crippen molar-refractivity contribution in [1.82, 2.24) is 0 Å². The summed E-state index contributed by atoms with van der Waals surface area (Å²) in [4.78, 5) is 0. The highest BCUT2D eigenvalue weighted by Gasteiger charge is 2.05. The van der Waals surface area contributed by atoms with Gasteiger partial charge in [-0.2, -0.15) is 0 Å². The van der Waals surface area contributed by atoms with E-state index in [4.69, 9.17) is 0 Å². The summed E-state index contributed by atoms with van der Waals surface area (Å²) in [6, 6.07) is 17.0. The van der Waals surface area contributed by atoms with Gasteiger partial charge < -0.3 is 0 Å². The maximum atomic E-state index is 3.54. The van der Waals surface area contributed by atoms with Gasteiger partial charge in [-0.15, -0.1) is 0 Å². The van der Waals surface area contributed by atoms with Crippen LogP contribution in [0.2, 0.25) is 0 Å². The van der Waals surface area contributed by atoms with E-state index >= 15 is 0 Å². The van der Waals surface area contributed by atoms with Crippen molar-refractivity contribution >= 4 is 0 Å². The van der Waals surface area contributed by atoms with E-state index in [1.54, 1.807) is 0 Å². The van der Waals surface area contributed by atoms with Gasteiger partial charge in [0.15, 0.2) is 0 Å². The van der Waals surface area contributed by atoms with Crippen LogP contribution in [0, 0.1) is 6.42 Å². The second-order valence-corrected chi connectivity index (χ2v) is 4.15. The fourth-order valence-corrected chi connectivity index (χ4v) is 2.05. The smallest absolute Gasteiger partial charge is 0.0507 e. The lowest BCUT2D eigenvalue weighted by Crippen LogP contribution is -1.95. The first-order chi connectivity index (χ1) is 8.35. The van der Waals surface area contributed by atoms with Gasteiger partial charge in [0, 0.05) is 0 Å². The Balaban J connectivity index is 2.31. The summed E-state index contributed by atoms with van der Waals surface area (Å²) in [5, 5.41) is 0. The van der Waals surface area contributed by atoms with Crippen LogP contribution in [0.5, 0.6) is 0 Å². The minimum atomic E-state index is 1.05. The second-order valence-electron chi connectivity index (χ2n) is 4.15. The molecule has 2 radical (unpaired) electrons. The van der Waals surface area contributed by atoms with Crippen molar-refractivity contribution in [3.63, 3.8) is 0 Å². The van der Waals surface area contributed by atoms with E-state index in [9.17, 15) is 0 Å². The Kier molecular flexibility index (Phi) is 3.98. The molecule has 0 saturated carbocycles. The molecule has 2 aromatic rings. The summed E-state index contributed by atoms with van der Waals surface area (Å²) < 4.78 is 0. The molecule has 0 N–H and O–H groups in total. The summed E-state index contributed by atoms with van der Waals surface area (Å²) in [6.07, 6.45) is 5.65. The second kappa shape index (κ2) is 5.67. The number of hydrogen-bond donors (Lipinski definition) is 0. The first kappa shape index (κ1) is 11.9. The first-order valence-corrected chi connectivity index (χ1v) is 6.28. The van der Waals surface area contributed by atoms with Crippen LogP contribution < -0.4 is 0 Å². The molecule has 0 spiro atoms. The molecule has 0 atom stereocenters. The topological polar surface area (TPSA) is 0 Å². The van der Waals surface area contributed by atoms with Gasteiger partial charge in [-0.1, -0.05) is 62.4 Å². The molecule has 2 rings (SSSR count). The minimum Gasteiger partial charge on any atom is -0.0620 e. The number of benzene rings is 2. The molecule has 0 heteroatoms. The molecule has 0 unspecified atom stereocenters. The van der Waals surface area contributed by atoms with Crippen molar-refractivity contribution in [2.24, 2.45) is 0 Å². The molecule has 0 aliphatic rings. The van der Waals surface area contributed by atoms with Crippen LogP contribution in [0.1, 0.15) is 36.1 Å². The van der Waals surface area contributed by atoms with E-state index in [0.717, 1.165) is 12.8 Å². The van der Waals surface area contributed by atoms with E-state index < -0.39 is 0 Å². The predicted molar refractivity (Wildman–Crippen MR) is 73.1 cm³/mol. The average molecular weight is 222 g/mol. The van der Waals surface area contributed by atoms with E-state index in [2.05, 4.69) is 68.8 Å². The van der Waals surface area contributed by atoms with E-state index in [1.165, 1.54) is 22.3 Å². The minimum absolute atomic E-state index is 1.05. The lowest BCUT2D eigenvalue weighted by molar-refractivity contribution is 1.09. The Labute approximate surface area is 104 Å². The normalized spacial score (nSPS) is 10.5. The first-order valence-electron chi connectivity index (χ1n) is 6.28. The molecule has 0 aromatic heterocycles. The van der Waals surface area contributed by atoms with Gasteiger partial charge in [0.05, 0.1) is 6.42 Å². The van der Waals surface area contributed by atoms with Gasteiger partial charge in [0.2, 0.25) is 0 Å². The highest BCUT2D eigenvalue weighted by Crippen LogP contribution is 2.20. The maximum Gasteiger partial charge on any atom is 0.0507 e. The highest BCUT2D eigenvalue weighted by atomic mass is 14.1. The molecular formula is C17H18. The molecular weight excluding hydrogens is 204 g/mol. The molecule has 0 fully saturated rings. The van der Waals surface area contributed by atoms with E-state index in [-0.39, 0.29) is 0 Å². The van der Waals surface area contributed by atoms with Gasteiger partial charge in [-0.3, -0.25) is 0 Å². The van der Waals surface area contributed by atoms with Crippen molar-refractivity contribution in [2.75, 3.05) is 0 Å². The van der Waals surface area contributed by atoms with Gasteiger partial charge in [0.1, 0.15) is 0 Å². The largest absolute Gasteiger partial charge is 0.0620 e.